The molecule has 1 aliphatic rings. The van der Waals surface area contributed by atoms with Crippen molar-refractivity contribution in [2.45, 2.75) is 6.54 Å². The first-order valence-corrected chi connectivity index (χ1v) is 9.95. The maximum absolute atomic E-state index is 13.7. The molecule has 0 bridgehead atoms. The van der Waals surface area contributed by atoms with Gasteiger partial charge < -0.3 is 15.0 Å². The summed E-state index contributed by atoms with van der Waals surface area (Å²) < 4.78 is 32.0. The summed E-state index contributed by atoms with van der Waals surface area (Å²) in [6, 6.07) is 7.10. The minimum Gasteiger partial charge on any atom is -0.378 e. The molecule has 6 nitrogen and oxygen atoms in total. The summed E-state index contributed by atoms with van der Waals surface area (Å²) in [6.45, 7) is 2.95. The fourth-order valence-electron chi connectivity index (χ4n) is 2.93. The maximum Gasteiger partial charge on any atom is 0.271 e. The van der Waals surface area contributed by atoms with Crippen LogP contribution in [-0.4, -0.2) is 42.2 Å². The van der Waals surface area contributed by atoms with Crippen LogP contribution in [0.1, 0.15) is 16.1 Å². The van der Waals surface area contributed by atoms with E-state index in [-0.39, 0.29) is 17.8 Å². The lowest BCUT2D eigenvalue weighted by Gasteiger charge is -2.27. The number of carbonyl (C=O) groups excluding carboxylic acids is 1. The van der Waals surface area contributed by atoms with Crippen molar-refractivity contribution in [1.29, 1.82) is 0 Å². The molecule has 1 fully saturated rings. The van der Waals surface area contributed by atoms with E-state index in [0.29, 0.717) is 18.2 Å². The first-order valence-electron chi connectivity index (χ1n) is 9.07. The Balaban J connectivity index is 1.40. The molecule has 0 unspecified atom stereocenters. The second kappa shape index (κ2) is 8.62. The van der Waals surface area contributed by atoms with Crippen molar-refractivity contribution in [3.05, 3.63) is 64.8 Å². The number of halogens is 2. The van der Waals surface area contributed by atoms with Crippen molar-refractivity contribution in [2.24, 2.45) is 0 Å². The molecular formula is C20H18F2N4O2S. The first kappa shape index (κ1) is 19.4. The molecule has 0 saturated carbocycles. The summed E-state index contributed by atoms with van der Waals surface area (Å²) in [7, 11) is 0. The van der Waals surface area contributed by atoms with Gasteiger partial charge in [0.25, 0.3) is 5.91 Å². The summed E-state index contributed by atoms with van der Waals surface area (Å²) in [6.07, 6.45) is 1.74. The Labute approximate surface area is 170 Å². The average Bonchev–Trinajstić information content (AvgIpc) is 3.24. The van der Waals surface area contributed by atoms with Crippen LogP contribution in [0.4, 0.5) is 14.6 Å². The minimum atomic E-state index is -0.698. The summed E-state index contributed by atoms with van der Waals surface area (Å²) in [5.74, 6) is -0.896. The van der Waals surface area contributed by atoms with Crippen molar-refractivity contribution in [3.63, 3.8) is 0 Å². The van der Waals surface area contributed by atoms with Crippen molar-refractivity contribution >= 4 is 23.1 Å². The molecule has 1 N–H and O–H groups in total. The monoisotopic (exact) mass is 416 g/mol. The zero-order valence-corrected chi connectivity index (χ0v) is 16.2. The molecule has 9 heteroatoms. The second-order valence-electron chi connectivity index (χ2n) is 6.46. The van der Waals surface area contributed by atoms with E-state index in [4.69, 9.17) is 4.74 Å². The van der Waals surface area contributed by atoms with E-state index in [9.17, 15) is 13.6 Å². The molecule has 1 amide bonds. The molecule has 150 valence electrons. The maximum atomic E-state index is 13.7. The van der Waals surface area contributed by atoms with E-state index in [1.165, 1.54) is 17.4 Å². The predicted molar refractivity (Wildman–Crippen MR) is 106 cm³/mol. The zero-order chi connectivity index (χ0) is 20.2. The van der Waals surface area contributed by atoms with Crippen LogP contribution in [0, 0.1) is 11.6 Å². The number of carbonyl (C=O) groups is 1. The van der Waals surface area contributed by atoms with Gasteiger partial charge in [-0.25, -0.2) is 18.7 Å². The molecule has 1 aromatic carbocycles. The average molecular weight is 416 g/mol. The number of aromatic nitrogens is 2. The number of hydrogen-bond acceptors (Lipinski definition) is 6. The zero-order valence-electron chi connectivity index (χ0n) is 15.4. The Morgan fingerprint density at radius 3 is 2.76 bits per heavy atom. The molecule has 3 heterocycles. The Hall–Kier alpha value is -2.91. The number of thiazole rings is 1. The lowest BCUT2D eigenvalue weighted by molar-refractivity contribution is 0.0946. The number of pyridine rings is 1. The lowest BCUT2D eigenvalue weighted by Crippen LogP contribution is -2.36. The highest BCUT2D eigenvalue weighted by Gasteiger charge is 2.15. The van der Waals surface area contributed by atoms with Gasteiger partial charge in [-0.05, 0) is 18.2 Å². The number of morpholine rings is 1. The fourth-order valence-corrected chi connectivity index (χ4v) is 3.72. The molecule has 2 aromatic heterocycles. The van der Waals surface area contributed by atoms with Gasteiger partial charge in [0.15, 0.2) is 0 Å². The number of nitrogens with one attached hydrogen (secondary N) is 1. The Morgan fingerprint density at radius 2 is 2.03 bits per heavy atom. The minimum absolute atomic E-state index is 0.0480. The van der Waals surface area contributed by atoms with Gasteiger partial charge in [0, 0.05) is 48.4 Å². The van der Waals surface area contributed by atoms with E-state index < -0.39 is 17.5 Å². The molecule has 3 aromatic rings. The summed E-state index contributed by atoms with van der Waals surface area (Å²) in [5, 5.41) is 4.91. The third-order valence-corrected chi connectivity index (χ3v) is 5.41. The van der Waals surface area contributed by atoms with Gasteiger partial charge in [0.1, 0.15) is 28.2 Å². The molecule has 0 radical (unpaired) electrons. The van der Waals surface area contributed by atoms with E-state index >= 15 is 0 Å². The van der Waals surface area contributed by atoms with Crippen LogP contribution in [0.2, 0.25) is 0 Å². The van der Waals surface area contributed by atoms with Crippen LogP contribution in [0.5, 0.6) is 0 Å². The molecule has 29 heavy (non-hydrogen) atoms. The normalized spacial score (nSPS) is 14.1. The summed E-state index contributed by atoms with van der Waals surface area (Å²) in [5.41, 5.74) is 1.26. The third-order valence-electron chi connectivity index (χ3n) is 4.52. The van der Waals surface area contributed by atoms with Crippen molar-refractivity contribution in [1.82, 2.24) is 15.3 Å². The smallest absolute Gasteiger partial charge is 0.271 e. The quantitative estimate of drug-likeness (QED) is 0.692. The predicted octanol–water partition coefficient (Wildman–Crippen LogP) is 3.25. The molecule has 1 aliphatic heterocycles. The Bertz CT molecular complexity index is 1000. The standard InChI is InChI=1S/C20H18F2N4O2S/c21-15-3-1-13(16(22)9-15)10-24-19(27)17-12-29-20(25-17)14-2-4-18(23-11-14)26-5-7-28-8-6-26/h1-4,9,11-12H,5-8,10H2,(H,24,27). The van der Waals surface area contributed by atoms with Gasteiger partial charge in [0.2, 0.25) is 0 Å². The van der Waals surface area contributed by atoms with E-state index in [1.807, 2.05) is 12.1 Å². The van der Waals surface area contributed by atoms with Crippen molar-refractivity contribution < 1.29 is 18.3 Å². The number of rotatable bonds is 5. The van der Waals surface area contributed by atoms with Crippen LogP contribution in [0.25, 0.3) is 10.6 Å². The summed E-state index contributed by atoms with van der Waals surface area (Å²) in [4.78, 5) is 23.3. The second-order valence-corrected chi connectivity index (χ2v) is 7.32. The number of hydrogen-bond donors (Lipinski definition) is 1. The summed E-state index contributed by atoms with van der Waals surface area (Å²) >= 11 is 1.33. The molecule has 0 atom stereocenters. The van der Waals surface area contributed by atoms with E-state index in [2.05, 4.69) is 20.2 Å². The van der Waals surface area contributed by atoms with Crippen LogP contribution < -0.4 is 10.2 Å². The largest absolute Gasteiger partial charge is 0.378 e. The van der Waals surface area contributed by atoms with Crippen molar-refractivity contribution in [2.75, 3.05) is 31.2 Å². The number of benzene rings is 1. The van der Waals surface area contributed by atoms with Crippen LogP contribution in [0.15, 0.2) is 41.9 Å². The van der Waals surface area contributed by atoms with Gasteiger partial charge in [0.05, 0.1) is 13.2 Å². The van der Waals surface area contributed by atoms with Crippen LogP contribution >= 0.6 is 11.3 Å². The number of ether oxygens (including phenoxy) is 1. The van der Waals surface area contributed by atoms with Gasteiger partial charge in [-0.3, -0.25) is 4.79 Å². The van der Waals surface area contributed by atoms with E-state index in [0.717, 1.165) is 36.6 Å². The SMILES string of the molecule is O=C(NCc1ccc(F)cc1F)c1csc(-c2ccc(N3CCOCC3)nc2)n1. The van der Waals surface area contributed by atoms with Crippen LogP contribution in [0.3, 0.4) is 0 Å². The topological polar surface area (TPSA) is 67.4 Å². The van der Waals surface area contributed by atoms with Gasteiger partial charge >= 0.3 is 0 Å². The van der Waals surface area contributed by atoms with Crippen LogP contribution in [-0.2, 0) is 11.3 Å². The third kappa shape index (κ3) is 4.57. The van der Waals surface area contributed by atoms with Gasteiger partial charge in [-0.1, -0.05) is 6.07 Å². The van der Waals surface area contributed by atoms with Crippen molar-refractivity contribution in [3.8, 4) is 10.6 Å². The molecule has 4 rings (SSSR count). The molecule has 1 saturated heterocycles. The van der Waals surface area contributed by atoms with E-state index in [1.54, 1.807) is 11.6 Å². The highest BCUT2D eigenvalue weighted by Crippen LogP contribution is 2.25. The number of nitrogens with zero attached hydrogens (tertiary/aromatic N) is 3. The number of anilines is 1. The fraction of sp³-hybridized carbons (Fsp3) is 0.250. The highest BCUT2D eigenvalue weighted by molar-refractivity contribution is 7.13. The Morgan fingerprint density at radius 1 is 1.21 bits per heavy atom. The lowest BCUT2D eigenvalue weighted by atomic mass is 10.2. The first-order chi connectivity index (χ1) is 14.1. The number of amides is 1. The van der Waals surface area contributed by atoms with Gasteiger partial charge in [-0.15, -0.1) is 11.3 Å². The molecule has 0 spiro atoms. The molecular weight excluding hydrogens is 398 g/mol. The highest BCUT2D eigenvalue weighted by atomic mass is 32.1. The molecule has 0 aliphatic carbocycles. The van der Waals surface area contributed by atoms with Gasteiger partial charge in [-0.2, -0.15) is 0 Å². The Kier molecular flexibility index (Phi) is 5.77.